The molecule has 118 valence electrons. The van der Waals surface area contributed by atoms with Crippen LogP contribution >= 0.6 is 15.9 Å². The molecule has 2 N–H and O–H groups in total. The first-order chi connectivity index (χ1) is 11.1. The van der Waals surface area contributed by atoms with E-state index < -0.39 is 5.54 Å². The van der Waals surface area contributed by atoms with Gasteiger partial charge in [0.15, 0.2) is 0 Å². The van der Waals surface area contributed by atoms with Gasteiger partial charge in [0.2, 0.25) is 0 Å². The molecule has 1 atom stereocenters. The van der Waals surface area contributed by atoms with E-state index in [1.54, 1.807) is 7.11 Å². The SMILES string of the molecule is COc1ccc2c(c1)C1(COCC(N)=N1)c1cc(Br)ccc1O2. The number of rotatable bonds is 1. The van der Waals surface area contributed by atoms with Crippen LogP contribution in [0.5, 0.6) is 17.2 Å². The number of fused-ring (bicyclic) bond motifs is 4. The number of methoxy groups -OCH3 is 1. The van der Waals surface area contributed by atoms with Gasteiger partial charge in [-0.05, 0) is 36.4 Å². The maximum absolute atomic E-state index is 6.05. The van der Waals surface area contributed by atoms with Crippen LogP contribution in [0.3, 0.4) is 0 Å². The highest BCUT2D eigenvalue weighted by Gasteiger charge is 2.45. The first kappa shape index (κ1) is 14.5. The molecule has 0 radical (unpaired) electrons. The van der Waals surface area contributed by atoms with E-state index in [1.165, 1.54) is 0 Å². The molecule has 2 aliphatic rings. The lowest BCUT2D eigenvalue weighted by molar-refractivity contribution is 0.109. The minimum Gasteiger partial charge on any atom is -0.497 e. The molecule has 0 saturated heterocycles. The summed E-state index contributed by atoms with van der Waals surface area (Å²) in [4.78, 5) is 4.79. The van der Waals surface area contributed by atoms with Gasteiger partial charge in [-0.2, -0.15) is 0 Å². The fraction of sp³-hybridized carbons (Fsp3) is 0.235. The standard InChI is InChI=1S/C17H15BrN2O3/c1-21-11-3-5-15-13(7-11)17(9-22-8-16(19)20-17)12-6-10(18)2-4-14(12)23-15/h2-7H,8-9H2,1H3,(H2,19,20). The van der Waals surface area contributed by atoms with Crippen molar-refractivity contribution in [3.8, 4) is 17.2 Å². The van der Waals surface area contributed by atoms with Crippen molar-refractivity contribution < 1.29 is 14.2 Å². The lowest BCUT2D eigenvalue weighted by Gasteiger charge is -2.39. The van der Waals surface area contributed by atoms with Crippen LogP contribution in [-0.2, 0) is 10.3 Å². The zero-order valence-electron chi connectivity index (χ0n) is 12.5. The molecule has 0 fully saturated rings. The minimum atomic E-state index is -0.719. The average molecular weight is 375 g/mol. The summed E-state index contributed by atoms with van der Waals surface area (Å²) in [6.07, 6.45) is 0. The number of hydrogen-bond donors (Lipinski definition) is 1. The molecule has 0 aliphatic carbocycles. The van der Waals surface area contributed by atoms with Crippen molar-refractivity contribution in [2.75, 3.05) is 20.3 Å². The van der Waals surface area contributed by atoms with Crippen LogP contribution in [0, 0.1) is 0 Å². The molecule has 0 bridgehead atoms. The Morgan fingerprint density at radius 3 is 2.65 bits per heavy atom. The minimum absolute atomic E-state index is 0.339. The van der Waals surface area contributed by atoms with Crippen molar-refractivity contribution in [3.63, 3.8) is 0 Å². The number of aliphatic imine (C=N–C) groups is 1. The summed E-state index contributed by atoms with van der Waals surface area (Å²) in [5, 5.41) is 0. The molecule has 0 amide bonds. The molecular formula is C17H15BrN2O3. The number of nitrogens with zero attached hydrogens (tertiary/aromatic N) is 1. The average Bonchev–Trinajstić information content (AvgIpc) is 2.56. The number of halogens is 1. The lowest BCUT2D eigenvalue weighted by Crippen LogP contribution is -2.42. The third-order valence-corrected chi connectivity index (χ3v) is 4.63. The molecule has 1 spiro atoms. The summed E-state index contributed by atoms with van der Waals surface area (Å²) < 4.78 is 18.1. The predicted molar refractivity (Wildman–Crippen MR) is 90.4 cm³/mol. The van der Waals surface area contributed by atoms with Gasteiger partial charge in [-0.3, -0.25) is 4.99 Å². The summed E-state index contributed by atoms with van der Waals surface area (Å²) in [6.45, 7) is 0.742. The molecule has 0 aromatic heterocycles. The van der Waals surface area contributed by atoms with Crippen LogP contribution in [0.1, 0.15) is 11.1 Å². The van der Waals surface area contributed by atoms with Crippen LogP contribution in [0.25, 0.3) is 0 Å². The van der Waals surface area contributed by atoms with E-state index in [0.29, 0.717) is 19.0 Å². The Bertz CT molecular complexity index is 821. The first-order valence-electron chi connectivity index (χ1n) is 7.21. The topological polar surface area (TPSA) is 66.1 Å². The zero-order chi connectivity index (χ0) is 16.0. The van der Waals surface area contributed by atoms with Crippen LogP contribution < -0.4 is 15.2 Å². The van der Waals surface area contributed by atoms with Crippen LogP contribution in [-0.4, -0.2) is 26.2 Å². The number of nitrogens with two attached hydrogens (primary N) is 1. The Kier molecular flexibility index (Phi) is 3.32. The van der Waals surface area contributed by atoms with Gasteiger partial charge < -0.3 is 19.9 Å². The van der Waals surface area contributed by atoms with Gasteiger partial charge in [-0.15, -0.1) is 0 Å². The van der Waals surface area contributed by atoms with Gasteiger partial charge in [-0.1, -0.05) is 15.9 Å². The molecule has 5 nitrogen and oxygen atoms in total. The smallest absolute Gasteiger partial charge is 0.143 e. The van der Waals surface area contributed by atoms with Crippen molar-refractivity contribution in [2.24, 2.45) is 10.7 Å². The van der Waals surface area contributed by atoms with Gasteiger partial charge >= 0.3 is 0 Å². The monoisotopic (exact) mass is 374 g/mol. The molecule has 6 heteroatoms. The van der Waals surface area contributed by atoms with Crippen LogP contribution in [0.2, 0.25) is 0 Å². The summed E-state index contributed by atoms with van der Waals surface area (Å²) in [6, 6.07) is 11.6. The number of benzene rings is 2. The third kappa shape index (κ3) is 2.21. The Morgan fingerprint density at radius 2 is 1.91 bits per heavy atom. The lowest BCUT2D eigenvalue weighted by atomic mass is 9.80. The Labute approximate surface area is 142 Å². The van der Waals surface area contributed by atoms with Gasteiger partial charge in [0, 0.05) is 15.6 Å². The molecule has 4 rings (SSSR count). The van der Waals surface area contributed by atoms with E-state index in [0.717, 1.165) is 32.8 Å². The van der Waals surface area contributed by atoms with Gasteiger partial charge in [0.1, 0.15) is 35.2 Å². The molecule has 23 heavy (non-hydrogen) atoms. The van der Waals surface area contributed by atoms with Gasteiger partial charge in [-0.25, -0.2) is 0 Å². The molecule has 2 aliphatic heterocycles. The molecular weight excluding hydrogens is 360 g/mol. The molecule has 2 aromatic rings. The second kappa shape index (κ2) is 5.25. The van der Waals surface area contributed by atoms with E-state index in [1.807, 2.05) is 36.4 Å². The summed E-state index contributed by atoms with van der Waals surface area (Å²) in [5.41, 5.74) is 7.11. The van der Waals surface area contributed by atoms with E-state index in [4.69, 9.17) is 24.9 Å². The summed E-state index contributed by atoms with van der Waals surface area (Å²) in [7, 11) is 1.64. The largest absolute Gasteiger partial charge is 0.497 e. The Hall–Kier alpha value is -2.05. The second-order valence-corrected chi connectivity index (χ2v) is 6.48. The van der Waals surface area contributed by atoms with Gasteiger partial charge in [0.05, 0.1) is 13.7 Å². The van der Waals surface area contributed by atoms with E-state index in [2.05, 4.69) is 15.9 Å². The molecule has 2 aromatic carbocycles. The van der Waals surface area contributed by atoms with E-state index in [9.17, 15) is 0 Å². The van der Waals surface area contributed by atoms with Gasteiger partial charge in [0.25, 0.3) is 0 Å². The highest BCUT2D eigenvalue weighted by molar-refractivity contribution is 9.10. The Morgan fingerprint density at radius 1 is 1.17 bits per heavy atom. The number of ether oxygens (including phenoxy) is 3. The van der Waals surface area contributed by atoms with Crippen molar-refractivity contribution in [3.05, 3.63) is 52.0 Å². The fourth-order valence-corrected chi connectivity index (χ4v) is 3.48. The highest BCUT2D eigenvalue weighted by Crippen LogP contribution is 2.51. The maximum atomic E-state index is 6.05. The number of amidine groups is 1. The molecule has 1 unspecified atom stereocenters. The van der Waals surface area contributed by atoms with E-state index in [-0.39, 0.29) is 0 Å². The van der Waals surface area contributed by atoms with Crippen molar-refractivity contribution in [1.82, 2.24) is 0 Å². The van der Waals surface area contributed by atoms with Crippen LogP contribution in [0.4, 0.5) is 0 Å². The predicted octanol–water partition coefficient (Wildman–Crippen LogP) is 3.19. The fourth-order valence-electron chi connectivity index (χ4n) is 3.12. The highest BCUT2D eigenvalue weighted by atomic mass is 79.9. The summed E-state index contributed by atoms with van der Waals surface area (Å²) in [5.74, 6) is 2.71. The van der Waals surface area contributed by atoms with Crippen molar-refractivity contribution >= 4 is 21.8 Å². The Balaban J connectivity index is 2.03. The third-order valence-electron chi connectivity index (χ3n) is 4.13. The zero-order valence-corrected chi connectivity index (χ0v) is 14.1. The van der Waals surface area contributed by atoms with Crippen molar-refractivity contribution in [2.45, 2.75) is 5.54 Å². The van der Waals surface area contributed by atoms with Crippen LogP contribution in [0.15, 0.2) is 45.9 Å². The first-order valence-corrected chi connectivity index (χ1v) is 8.00. The van der Waals surface area contributed by atoms with Crippen molar-refractivity contribution in [1.29, 1.82) is 0 Å². The quantitative estimate of drug-likeness (QED) is 0.832. The molecule has 2 heterocycles. The normalized spacial score (nSPS) is 21.9. The second-order valence-electron chi connectivity index (χ2n) is 5.56. The molecule has 0 saturated carbocycles. The summed E-state index contributed by atoms with van der Waals surface area (Å²) >= 11 is 3.52. The number of hydrogen-bond acceptors (Lipinski definition) is 5. The van der Waals surface area contributed by atoms with E-state index >= 15 is 0 Å². The maximum Gasteiger partial charge on any atom is 0.143 e.